The Labute approximate surface area is 374 Å². The van der Waals surface area contributed by atoms with Gasteiger partial charge in [0, 0.05) is 19.3 Å². The van der Waals surface area contributed by atoms with E-state index in [9.17, 15) is 14.4 Å². The maximum absolute atomic E-state index is 12.5. The minimum Gasteiger partial charge on any atom is -0.462 e. The van der Waals surface area contributed by atoms with E-state index >= 15 is 0 Å². The van der Waals surface area contributed by atoms with E-state index in [2.05, 4.69) is 130 Å². The van der Waals surface area contributed by atoms with Crippen molar-refractivity contribution in [3.63, 3.8) is 0 Å². The van der Waals surface area contributed by atoms with Crippen LogP contribution in [-0.2, 0) is 28.6 Å². The van der Waals surface area contributed by atoms with Gasteiger partial charge in [0.2, 0.25) is 0 Å². The number of hydrogen-bond acceptors (Lipinski definition) is 6. The molecule has 0 heterocycles. The van der Waals surface area contributed by atoms with E-state index in [4.69, 9.17) is 14.2 Å². The predicted octanol–water partition coefficient (Wildman–Crippen LogP) is 16.0. The van der Waals surface area contributed by atoms with E-state index in [-0.39, 0.29) is 31.1 Å². The van der Waals surface area contributed by atoms with Crippen molar-refractivity contribution in [2.24, 2.45) is 0 Å². The molecule has 0 aromatic heterocycles. The van der Waals surface area contributed by atoms with Gasteiger partial charge in [-0.3, -0.25) is 14.4 Å². The summed E-state index contributed by atoms with van der Waals surface area (Å²) in [5.41, 5.74) is 0. The van der Waals surface area contributed by atoms with Crippen LogP contribution < -0.4 is 0 Å². The second-order valence-corrected chi connectivity index (χ2v) is 15.6. The Morgan fingerprint density at radius 3 is 1.00 bits per heavy atom. The van der Waals surface area contributed by atoms with Crippen molar-refractivity contribution in [3.8, 4) is 0 Å². The summed E-state index contributed by atoms with van der Waals surface area (Å²) in [6, 6.07) is 0. The molecule has 0 aliphatic heterocycles. The van der Waals surface area contributed by atoms with Crippen molar-refractivity contribution >= 4 is 17.9 Å². The highest BCUT2D eigenvalue weighted by atomic mass is 16.6. The number of carbonyl (C=O) groups is 3. The zero-order chi connectivity index (χ0) is 44.4. The van der Waals surface area contributed by atoms with Crippen LogP contribution >= 0.6 is 0 Å². The van der Waals surface area contributed by atoms with E-state index in [1.54, 1.807) is 0 Å². The fourth-order valence-electron chi connectivity index (χ4n) is 6.14. The Hall–Kier alpha value is -3.93. The summed E-state index contributed by atoms with van der Waals surface area (Å²) in [6.07, 6.45) is 65.7. The molecule has 0 aromatic carbocycles. The van der Waals surface area contributed by atoms with Crippen LogP contribution in [0, 0.1) is 0 Å². The van der Waals surface area contributed by atoms with Gasteiger partial charge in [0.15, 0.2) is 6.10 Å². The van der Waals surface area contributed by atoms with Crippen molar-refractivity contribution in [2.75, 3.05) is 13.2 Å². The normalized spacial score (nSPS) is 13.0. The Balaban J connectivity index is 4.10. The lowest BCUT2D eigenvalue weighted by molar-refractivity contribution is -0.167. The molecule has 0 aliphatic rings. The number of allylic oxidation sites excluding steroid dienone is 18. The molecular formula is C55H88O6. The molecule has 0 saturated carbocycles. The second kappa shape index (κ2) is 48.7. The molecule has 1 atom stereocenters. The molecule has 0 rings (SSSR count). The Kier molecular flexibility index (Phi) is 45.6. The molecule has 0 spiro atoms. The average Bonchev–Trinajstić information content (AvgIpc) is 3.26. The predicted molar refractivity (Wildman–Crippen MR) is 260 cm³/mol. The first-order chi connectivity index (χ1) is 30.0. The third-order valence-corrected chi connectivity index (χ3v) is 9.79. The van der Waals surface area contributed by atoms with Crippen molar-refractivity contribution in [1.29, 1.82) is 0 Å². The number of unbranched alkanes of at least 4 members (excludes halogenated alkanes) is 13. The first-order valence-electron chi connectivity index (χ1n) is 24.4. The minimum atomic E-state index is -0.784. The monoisotopic (exact) mass is 845 g/mol. The van der Waals surface area contributed by atoms with Gasteiger partial charge in [0.25, 0.3) is 0 Å². The van der Waals surface area contributed by atoms with E-state index in [1.807, 2.05) is 0 Å². The van der Waals surface area contributed by atoms with Crippen LogP contribution in [0.5, 0.6) is 0 Å². The molecule has 0 bridgehead atoms. The van der Waals surface area contributed by atoms with Gasteiger partial charge in [-0.25, -0.2) is 0 Å². The topological polar surface area (TPSA) is 78.9 Å². The SMILES string of the molecule is CC/C=C\C/C=C\C/C=C\C/C=C\C/C=C\C/C=C\C/C=C\C/C=C\C/C=C\CCCCCC(=O)OCC(COC(=O)CCCCCCC)OC(=O)CCCCCCCCC. The van der Waals surface area contributed by atoms with Gasteiger partial charge < -0.3 is 14.2 Å². The van der Waals surface area contributed by atoms with Gasteiger partial charge in [-0.05, 0) is 89.9 Å². The molecular weight excluding hydrogens is 757 g/mol. The van der Waals surface area contributed by atoms with Gasteiger partial charge in [-0.15, -0.1) is 0 Å². The maximum Gasteiger partial charge on any atom is 0.306 e. The van der Waals surface area contributed by atoms with Crippen LogP contribution in [0.1, 0.15) is 201 Å². The van der Waals surface area contributed by atoms with Crippen molar-refractivity contribution in [3.05, 3.63) is 109 Å². The van der Waals surface area contributed by atoms with Crippen LogP contribution in [0.25, 0.3) is 0 Å². The largest absolute Gasteiger partial charge is 0.462 e. The Bertz CT molecular complexity index is 1290. The molecule has 0 amide bonds. The molecule has 6 nitrogen and oxygen atoms in total. The summed E-state index contributed by atoms with van der Waals surface area (Å²) in [7, 11) is 0. The fourth-order valence-corrected chi connectivity index (χ4v) is 6.14. The summed E-state index contributed by atoms with van der Waals surface area (Å²) < 4.78 is 16.5. The lowest BCUT2D eigenvalue weighted by atomic mass is 10.1. The maximum atomic E-state index is 12.5. The number of esters is 3. The molecule has 1 unspecified atom stereocenters. The van der Waals surface area contributed by atoms with Gasteiger partial charge in [-0.1, -0.05) is 201 Å². The van der Waals surface area contributed by atoms with E-state index in [0.717, 1.165) is 128 Å². The third kappa shape index (κ3) is 47.0. The lowest BCUT2D eigenvalue weighted by Crippen LogP contribution is -2.30. The van der Waals surface area contributed by atoms with E-state index in [1.165, 1.54) is 32.1 Å². The third-order valence-electron chi connectivity index (χ3n) is 9.79. The quantitative estimate of drug-likeness (QED) is 0.0264. The summed E-state index contributed by atoms with van der Waals surface area (Å²) in [5.74, 6) is -0.956. The highest BCUT2D eigenvalue weighted by Crippen LogP contribution is 2.12. The van der Waals surface area contributed by atoms with Crippen LogP contribution in [-0.4, -0.2) is 37.2 Å². The average molecular weight is 845 g/mol. The molecule has 61 heavy (non-hydrogen) atoms. The van der Waals surface area contributed by atoms with Crippen LogP contribution in [0.2, 0.25) is 0 Å². The standard InChI is InChI=1S/C55H88O6/c1-4-7-10-13-15-16-17-18-19-20-21-22-23-24-25-26-27-28-29-30-31-32-33-34-35-36-37-38-40-42-45-48-54(57)60-51-52(50-59-53(56)47-44-41-12-9-6-3)61-55(58)49-46-43-39-14-11-8-5-2/h7,10,15-16,18-19,21-22,24-25,27-28,30-31,33-34,36-37,52H,4-6,8-9,11-14,17,20,23,26,29,32,35,38-51H2,1-3H3/b10-7-,16-15-,19-18-,22-21-,25-24-,28-27-,31-30-,34-33-,37-36-. The fraction of sp³-hybridized carbons (Fsp3) is 0.618. The Morgan fingerprint density at radius 2 is 0.639 bits per heavy atom. The number of rotatable bonds is 42. The highest BCUT2D eigenvalue weighted by Gasteiger charge is 2.19. The smallest absolute Gasteiger partial charge is 0.306 e. The summed E-state index contributed by atoms with van der Waals surface area (Å²) >= 11 is 0. The zero-order valence-electron chi connectivity index (χ0n) is 39.1. The molecule has 0 N–H and O–H groups in total. The van der Waals surface area contributed by atoms with Crippen molar-refractivity contribution in [1.82, 2.24) is 0 Å². The minimum absolute atomic E-state index is 0.0902. The molecule has 344 valence electrons. The molecule has 0 fully saturated rings. The molecule has 0 aromatic rings. The molecule has 6 heteroatoms. The van der Waals surface area contributed by atoms with Crippen LogP contribution in [0.3, 0.4) is 0 Å². The zero-order valence-corrected chi connectivity index (χ0v) is 39.1. The van der Waals surface area contributed by atoms with Crippen molar-refractivity contribution < 1.29 is 28.6 Å². The van der Waals surface area contributed by atoms with Crippen LogP contribution in [0.4, 0.5) is 0 Å². The number of ether oxygens (including phenoxy) is 3. The highest BCUT2D eigenvalue weighted by molar-refractivity contribution is 5.71. The molecule has 0 saturated heterocycles. The van der Waals surface area contributed by atoms with Crippen molar-refractivity contribution in [2.45, 2.75) is 207 Å². The summed E-state index contributed by atoms with van der Waals surface area (Å²) in [6.45, 7) is 6.33. The van der Waals surface area contributed by atoms with Crippen LogP contribution in [0.15, 0.2) is 109 Å². The van der Waals surface area contributed by atoms with Gasteiger partial charge in [-0.2, -0.15) is 0 Å². The van der Waals surface area contributed by atoms with E-state index in [0.29, 0.717) is 19.3 Å². The summed E-state index contributed by atoms with van der Waals surface area (Å²) in [5, 5.41) is 0. The first kappa shape index (κ1) is 57.1. The molecule has 0 radical (unpaired) electrons. The lowest BCUT2D eigenvalue weighted by Gasteiger charge is -2.18. The summed E-state index contributed by atoms with van der Waals surface area (Å²) in [4.78, 5) is 37.3. The molecule has 0 aliphatic carbocycles. The first-order valence-corrected chi connectivity index (χ1v) is 24.4. The van der Waals surface area contributed by atoms with Gasteiger partial charge in [0.05, 0.1) is 0 Å². The Morgan fingerprint density at radius 1 is 0.344 bits per heavy atom. The number of hydrogen-bond donors (Lipinski definition) is 0. The van der Waals surface area contributed by atoms with Gasteiger partial charge in [0.1, 0.15) is 13.2 Å². The second-order valence-electron chi connectivity index (χ2n) is 15.6. The van der Waals surface area contributed by atoms with E-state index < -0.39 is 6.10 Å². The van der Waals surface area contributed by atoms with Gasteiger partial charge >= 0.3 is 17.9 Å². The number of carbonyl (C=O) groups excluding carboxylic acids is 3.